The second-order valence-corrected chi connectivity index (χ2v) is 8.65. The molecular weight excluding hydrogens is 358 g/mol. The summed E-state index contributed by atoms with van der Waals surface area (Å²) in [7, 11) is 2.24. The topological polar surface area (TPSA) is 36.8 Å². The summed E-state index contributed by atoms with van der Waals surface area (Å²) in [6.45, 7) is 7.50. The van der Waals surface area contributed by atoms with Gasteiger partial charge in [-0.2, -0.15) is 5.26 Å². The molecule has 150 valence electrons. The largest absolute Gasteiger partial charge is 0.368 e. The Kier molecular flexibility index (Phi) is 4.81. The number of likely N-dealkylation sites (tertiary alicyclic amines) is 1. The second kappa shape index (κ2) is 7.61. The molecule has 1 unspecified atom stereocenters. The zero-order valence-corrected chi connectivity index (χ0v) is 17.2. The highest BCUT2D eigenvalue weighted by Gasteiger charge is 2.40. The van der Waals surface area contributed by atoms with E-state index in [9.17, 15) is 5.26 Å². The van der Waals surface area contributed by atoms with Gasteiger partial charge in [-0.1, -0.05) is 12.1 Å². The normalized spacial score (nSPS) is 24.6. The molecule has 0 radical (unpaired) electrons. The van der Waals surface area contributed by atoms with Crippen LogP contribution < -0.4 is 14.7 Å². The van der Waals surface area contributed by atoms with Crippen LogP contribution in [0.1, 0.15) is 12.0 Å². The first-order valence-electron chi connectivity index (χ1n) is 10.8. The highest BCUT2D eigenvalue weighted by Crippen LogP contribution is 2.35. The fourth-order valence-electron chi connectivity index (χ4n) is 5.40. The molecule has 2 aromatic rings. The van der Waals surface area contributed by atoms with Gasteiger partial charge in [-0.3, -0.25) is 0 Å². The lowest BCUT2D eigenvalue weighted by atomic mass is 10.0. The first-order valence-corrected chi connectivity index (χ1v) is 10.8. The van der Waals surface area contributed by atoms with Crippen molar-refractivity contribution in [2.75, 3.05) is 67.6 Å². The Morgan fingerprint density at radius 2 is 1.52 bits per heavy atom. The zero-order chi connectivity index (χ0) is 19.8. The molecule has 29 heavy (non-hydrogen) atoms. The van der Waals surface area contributed by atoms with Gasteiger partial charge in [0.25, 0.3) is 0 Å². The van der Waals surface area contributed by atoms with Crippen LogP contribution >= 0.6 is 0 Å². The van der Waals surface area contributed by atoms with Crippen molar-refractivity contribution in [3.63, 3.8) is 0 Å². The number of benzene rings is 2. The van der Waals surface area contributed by atoms with Crippen LogP contribution in [-0.4, -0.2) is 63.8 Å². The number of rotatable bonds is 3. The molecule has 0 bridgehead atoms. The van der Waals surface area contributed by atoms with E-state index in [1.54, 1.807) is 0 Å². The molecule has 3 aliphatic rings. The molecule has 0 aromatic heterocycles. The number of anilines is 3. The quantitative estimate of drug-likeness (QED) is 0.809. The van der Waals surface area contributed by atoms with Crippen molar-refractivity contribution in [1.82, 2.24) is 4.90 Å². The van der Waals surface area contributed by atoms with Crippen molar-refractivity contribution in [2.24, 2.45) is 5.92 Å². The molecule has 5 heteroatoms. The van der Waals surface area contributed by atoms with E-state index < -0.39 is 0 Å². The van der Waals surface area contributed by atoms with Crippen molar-refractivity contribution in [3.05, 3.63) is 54.1 Å². The van der Waals surface area contributed by atoms with Crippen LogP contribution in [0.15, 0.2) is 48.5 Å². The molecule has 0 aliphatic carbocycles. The van der Waals surface area contributed by atoms with E-state index in [4.69, 9.17) is 0 Å². The SMILES string of the molecule is CN1CC2CCN(c3ccc(N4CCN(c5ccccc5C#N)CC4)cc3)[C@H]2C1. The molecule has 3 aliphatic heterocycles. The smallest absolute Gasteiger partial charge is 0.101 e. The van der Waals surface area contributed by atoms with E-state index in [0.717, 1.165) is 43.3 Å². The molecule has 0 N–H and O–H groups in total. The molecule has 3 fully saturated rings. The third-order valence-corrected chi connectivity index (χ3v) is 6.92. The lowest BCUT2D eigenvalue weighted by molar-refractivity contribution is 0.386. The Morgan fingerprint density at radius 3 is 2.28 bits per heavy atom. The summed E-state index contributed by atoms with van der Waals surface area (Å²) >= 11 is 0. The maximum Gasteiger partial charge on any atom is 0.101 e. The van der Waals surface area contributed by atoms with Crippen molar-refractivity contribution >= 4 is 17.1 Å². The van der Waals surface area contributed by atoms with Crippen molar-refractivity contribution in [1.29, 1.82) is 5.26 Å². The highest BCUT2D eigenvalue weighted by molar-refractivity contribution is 5.62. The lowest BCUT2D eigenvalue weighted by Crippen LogP contribution is -2.46. The van der Waals surface area contributed by atoms with E-state index in [1.807, 2.05) is 18.2 Å². The predicted octanol–water partition coefficient (Wildman–Crippen LogP) is 3.03. The first kappa shape index (κ1) is 18.3. The Balaban J connectivity index is 1.24. The van der Waals surface area contributed by atoms with Crippen LogP contribution in [0.4, 0.5) is 17.1 Å². The Hall–Kier alpha value is -2.71. The van der Waals surface area contributed by atoms with Gasteiger partial charge in [-0.15, -0.1) is 0 Å². The number of likely N-dealkylation sites (N-methyl/N-ethyl adjacent to an activating group) is 1. The maximum atomic E-state index is 9.37. The molecule has 3 saturated heterocycles. The van der Waals surface area contributed by atoms with Gasteiger partial charge in [0.15, 0.2) is 0 Å². The van der Waals surface area contributed by atoms with E-state index in [0.29, 0.717) is 6.04 Å². The summed E-state index contributed by atoms with van der Waals surface area (Å²) in [4.78, 5) is 9.89. The van der Waals surface area contributed by atoms with Gasteiger partial charge in [0, 0.05) is 63.2 Å². The van der Waals surface area contributed by atoms with Crippen molar-refractivity contribution in [3.8, 4) is 6.07 Å². The first-order chi connectivity index (χ1) is 14.2. The number of para-hydroxylation sites is 1. The molecule has 3 heterocycles. The van der Waals surface area contributed by atoms with Crippen LogP contribution in [0.25, 0.3) is 0 Å². The highest BCUT2D eigenvalue weighted by atomic mass is 15.3. The fraction of sp³-hybridized carbons (Fsp3) is 0.458. The number of nitriles is 1. The molecule has 0 saturated carbocycles. The summed E-state index contributed by atoms with van der Waals surface area (Å²) in [5.74, 6) is 0.837. The standard InChI is InChI=1S/C24H29N5/c1-26-17-20-10-11-29(24(20)18-26)22-8-6-21(7-9-22)27-12-14-28(15-13-27)23-5-3-2-4-19(23)16-25/h2-9,20,24H,10-15,17-18H2,1H3/t20?,24-/m0/s1. The molecule has 5 nitrogen and oxygen atoms in total. The Morgan fingerprint density at radius 1 is 0.828 bits per heavy atom. The summed E-state index contributed by atoms with van der Waals surface area (Å²) in [6.07, 6.45) is 1.32. The van der Waals surface area contributed by atoms with Gasteiger partial charge in [0.1, 0.15) is 6.07 Å². The van der Waals surface area contributed by atoms with Crippen LogP contribution in [0.2, 0.25) is 0 Å². The van der Waals surface area contributed by atoms with Crippen LogP contribution in [0.5, 0.6) is 0 Å². The molecular formula is C24H29N5. The Bertz CT molecular complexity index is 894. The predicted molar refractivity (Wildman–Crippen MR) is 119 cm³/mol. The average molecular weight is 388 g/mol. The molecule has 5 rings (SSSR count). The number of nitrogens with zero attached hydrogens (tertiary/aromatic N) is 5. The van der Waals surface area contributed by atoms with E-state index >= 15 is 0 Å². The van der Waals surface area contributed by atoms with Crippen LogP contribution in [0, 0.1) is 17.2 Å². The summed E-state index contributed by atoms with van der Waals surface area (Å²) in [5.41, 5.74) is 4.52. The number of fused-ring (bicyclic) bond motifs is 1. The minimum Gasteiger partial charge on any atom is -0.368 e. The fourth-order valence-corrected chi connectivity index (χ4v) is 5.40. The molecule has 2 atom stereocenters. The zero-order valence-electron chi connectivity index (χ0n) is 17.2. The maximum absolute atomic E-state index is 9.37. The van der Waals surface area contributed by atoms with E-state index in [-0.39, 0.29) is 0 Å². The van der Waals surface area contributed by atoms with E-state index in [2.05, 4.69) is 63.0 Å². The Labute approximate surface area is 173 Å². The minimum absolute atomic E-state index is 0.689. The number of hydrogen-bond acceptors (Lipinski definition) is 5. The third kappa shape index (κ3) is 3.42. The third-order valence-electron chi connectivity index (χ3n) is 6.92. The van der Waals surface area contributed by atoms with Crippen LogP contribution in [-0.2, 0) is 0 Å². The van der Waals surface area contributed by atoms with Crippen molar-refractivity contribution < 1.29 is 0 Å². The molecule has 2 aromatic carbocycles. The van der Waals surface area contributed by atoms with Gasteiger partial charge < -0.3 is 19.6 Å². The lowest BCUT2D eigenvalue weighted by Gasteiger charge is -2.38. The molecule has 0 amide bonds. The number of piperazine rings is 1. The van der Waals surface area contributed by atoms with Gasteiger partial charge >= 0.3 is 0 Å². The summed E-state index contributed by atoms with van der Waals surface area (Å²) < 4.78 is 0. The van der Waals surface area contributed by atoms with Gasteiger partial charge in [0.05, 0.1) is 11.3 Å². The minimum atomic E-state index is 0.689. The monoisotopic (exact) mass is 387 g/mol. The van der Waals surface area contributed by atoms with E-state index in [1.165, 1.54) is 37.4 Å². The average Bonchev–Trinajstić information content (AvgIpc) is 3.33. The summed E-state index contributed by atoms with van der Waals surface area (Å²) in [6, 6.07) is 20.2. The van der Waals surface area contributed by atoms with Gasteiger partial charge in [-0.05, 0) is 55.8 Å². The number of hydrogen-bond donors (Lipinski definition) is 0. The van der Waals surface area contributed by atoms with Gasteiger partial charge in [0.2, 0.25) is 0 Å². The van der Waals surface area contributed by atoms with Crippen molar-refractivity contribution in [2.45, 2.75) is 12.5 Å². The summed E-state index contributed by atoms with van der Waals surface area (Å²) in [5, 5.41) is 9.37. The second-order valence-electron chi connectivity index (χ2n) is 8.65. The van der Waals surface area contributed by atoms with Gasteiger partial charge in [-0.25, -0.2) is 0 Å². The van der Waals surface area contributed by atoms with Crippen LogP contribution in [0.3, 0.4) is 0 Å². The molecule has 0 spiro atoms.